The molecule has 1 saturated heterocycles. The molecule has 2 rings (SSSR count). The molecule has 6 heteroatoms. The number of amides is 1. The number of aryl methyl sites for hydroxylation is 1. The molecule has 106 valence electrons. The van der Waals surface area contributed by atoms with Crippen molar-refractivity contribution >= 4 is 23.5 Å². The van der Waals surface area contributed by atoms with E-state index in [0.717, 1.165) is 44.0 Å². The lowest BCUT2D eigenvalue weighted by atomic mass is 10.1. The smallest absolute Gasteiger partial charge is 0.241 e. The maximum Gasteiger partial charge on any atom is 0.241 e. The minimum absolute atomic E-state index is 0.0765. The summed E-state index contributed by atoms with van der Waals surface area (Å²) in [6.45, 7) is 1.54. The molecule has 1 atom stereocenters. The van der Waals surface area contributed by atoms with Crippen LogP contribution in [0.3, 0.4) is 0 Å². The van der Waals surface area contributed by atoms with E-state index in [9.17, 15) is 4.79 Å². The highest BCUT2D eigenvalue weighted by molar-refractivity contribution is 8.00. The first-order chi connectivity index (χ1) is 9.22. The summed E-state index contributed by atoms with van der Waals surface area (Å²) in [5.41, 5.74) is 0. The number of piperidine rings is 1. The van der Waals surface area contributed by atoms with Crippen molar-refractivity contribution in [2.24, 2.45) is 7.05 Å². The van der Waals surface area contributed by atoms with Gasteiger partial charge in [-0.2, -0.15) is 5.10 Å². The van der Waals surface area contributed by atoms with Gasteiger partial charge in [-0.1, -0.05) is 0 Å². The van der Waals surface area contributed by atoms with E-state index in [2.05, 4.69) is 5.10 Å². The SMILES string of the molecule is COCCCS[C@H]1CCCN(c2ccn(C)n2)C1=O. The molecule has 19 heavy (non-hydrogen) atoms. The zero-order valence-corrected chi connectivity index (χ0v) is 12.4. The minimum Gasteiger partial charge on any atom is -0.385 e. The van der Waals surface area contributed by atoms with Gasteiger partial charge in [0, 0.05) is 39.6 Å². The van der Waals surface area contributed by atoms with Gasteiger partial charge in [0.15, 0.2) is 5.82 Å². The Kier molecular flexibility index (Phi) is 5.27. The largest absolute Gasteiger partial charge is 0.385 e. The van der Waals surface area contributed by atoms with E-state index in [-0.39, 0.29) is 11.2 Å². The van der Waals surface area contributed by atoms with Crippen LogP contribution in [0.1, 0.15) is 19.3 Å². The van der Waals surface area contributed by atoms with Gasteiger partial charge in [0.05, 0.1) is 5.25 Å². The van der Waals surface area contributed by atoms with E-state index < -0.39 is 0 Å². The van der Waals surface area contributed by atoms with Crippen molar-refractivity contribution in [1.29, 1.82) is 0 Å². The monoisotopic (exact) mass is 283 g/mol. The molecule has 0 radical (unpaired) electrons. The van der Waals surface area contributed by atoms with Crippen LogP contribution in [-0.2, 0) is 16.6 Å². The fourth-order valence-electron chi connectivity index (χ4n) is 2.20. The van der Waals surface area contributed by atoms with E-state index >= 15 is 0 Å². The molecule has 1 aromatic heterocycles. The average Bonchev–Trinajstić information content (AvgIpc) is 2.83. The third-order valence-electron chi connectivity index (χ3n) is 3.18. The van der Waals surface area contributed by atoms with Gasteiger partial charge in [0.1, 0.15) is 0 Å². The highest BCUT2D eigenvalue weighted by atomic mass is 32.2. The lowest BCUT2D eigenvalue weighted by molar-refractivity contribution is -0.119. The van der Waals surface area contributed by atoms with E-state index in [0.29, 0.717) is 0 Å². The maximum atomic E-state index is 12.4. The van der Waals surface area contributed by atoms with Crippen LogP contribution < -0.4 is 4.90 Å². The van der Waals surface area contributed by atoms with Crippen LogP contribution in [0.4, 0.5) is 5.82 Å². The summed E-state index contributed by atoms with van der Waals surface area (Å²) in [4.78, 5) is 14.2. The Hall–Kier alpha value is -1.01. The summed E-state index contributed by atoms with van der Waals surface area (Å²) >= 11 is 1.74. The number of anilines is 1. The van der Waals surface area contributed by atoms with Crippen LogP contribution in [0.2, 0.25) is 0 Å². The van der Waals surface area contributed by atoms with Gasteiger partial charge in [0.25, 0.3) is 0 Å². The summed E-state index contributed by atoms with van der Waals surface area (Å²) in [5, 5.41) is 4.40. The van der Waals surface area contributed by atoms with Gasteiger partial charge in [0.2, 0.25) is 5.91 Å². The quantitative estimate of drug-likeness (QED) is 0.745. The Morgan fingerprint density at radius 2 is 2.42 bits per heavy atom. The second-order valence-electron chi connectivity index (χ2n) is 4.69. The van der Waals surface area contributed by atoms with Gasteiger partial charge >= 0.3 is 0 Å². The van der Waals surface area contributed by atoms with Gasteiger partial charge in [-0.25, -0.2) is 0 Å². The second kappa shape index (κ2) is 6.96. The van der Waals surface area contributed by atoms with Crippen LogP contribution >= 0.6 is 11.8 Å². The number of thioether (sulfide) groups is 1. The van der Waals surface area contributed by atoms with Gasteiger partial charge in [-0.05, 0) is 25.0 Å². The average molecular weight is 283 g/mol. The number of hydrogen-bond donors (Lipinski definition) is 0. The molecule has 0 aliphatic carbocycles. The molecule has 0 aromatic carbocycles. The molecule has 0 saturated carbocycles. The highest BCUT2D eigenvalue weighted by Gasteiger charge is 2.30. The molecule has 1 aliphatic rings. The van der Waals surface area contributed by atoms with Gasteiger partial charge in [-0.15, -0.1) is 11.8 Å². The van der Waals surface area contributed by atoms with Crippen LogP contribution in [0.25, 0.3) is 0 Å². The van der Waals surface area contributed by atoms with Crippen molar-refractivity contribution < 1.29 is 9.53 Å². The molecule has 1 aromatic rings. The van der Waals surface area contributed by atoms with Crippen LogP contribution in [0, 0.1) is 0 Å². The molecule has 1 aliphatic heterocycles. The number of hydrogen-bond acceptors (Lipinski definition) is 4. The normalized spacial score (nSPS) is 20.0. The molecular formula is C13H21N3O2S. The van der Waals surface area contributed by atoms with E-state index in [4.69, 9.17) is 4.74 Å². The van der Waals surface area contributed by atoms with Crippen molar-refractivity contribution in [2.45, 2.75) is 24.5 Å². The first kappa shape index (κ1) is 14.4. The summed E-state index contributed by atoms with van der Waals surface area (Å²) < 4.78 is 6.76. The molecule has 0 bridgehead atoms. The van der Waals surface area contributed by atoms with Crippen LogP contribution in [0.15, 0.2) is 12.3 Å². The molecule has 0 N–H and O–H groups in total. The third kappa shape index (κ3) is 3.73. The number of ether oxygens (including phenoxy) is 1. The number of rotatable bonds is 6. The number of methoxy groups -OCH3 is 1. The number of carbonyl (C=O) groups is 1. The predicted molar refractivity (Wildman–Crippen MR) is 77.5 cm³/mol. The van der Waals surface area contributed by atoms with Crippen LogP contribution in [0.5, 0.6) is 0 Å². The van der Waals surface area contributed by atoms with Crippen LogP contribution in [-0.4, -0.2) is 47.0 Å². The van der Waals surface area contributed by atoms with Crippen molar-refractivity contribution in [3.05, 3.63) is 12.3 Å². The van der Waals surface area contributed by atoms with Gasteiger partial charge in [-0.3, -0.25) is 14.4 Å². The second-order valence-corrected chi connectivity index (χ2v) is 6.00. The van der Waals surface area contributed by atoms with Crippen molar-refractivity contribution in [3.63, 3.8) is 0 Å². The third-order valence-corrected chi connectivity index (χ3v) is 4.54. The lowest BCUT2D eigenvalue weighted by Gasteiger charge is -2.30. The fourth-order valence-corrected chi connectivity index (χ4v) is 3.37. The molecule has 5 nitrogen and oxygen atoms in total. The Morgan fingerprint density at radius 1 is 1.58 bits per heavy atom. The Labute approximate surface area is 118 Å². The summed E-state index contributed by atoms with van der Waals surface area (Å²) in [5.74, 6) is 1.95. The van der Waals surface area contributed by atoms with E-state index in [1.807, 2.05) is 24.2 Å². The predicted octanol–water partition coefficient (Wildman–Crippen LogP) is 1.69. The molecule has 2 heterocycles. The van der Waals surface area contributed by atoms with E-state index in [1.165, 1.54) is 0 Å². The van der Waals surface area contributed by atoms with Crippen molar-refractivity contribution in [3.8, 4) is 0 Å². The number of aromatic nitrogens is 2. The Bertz CT molecular complexity index is 422. The fraction of sp³-hybridized carbons (Fsp3) is 0.692. The zero-order chi connectivity index (χ0) is 13.7. The maximum absolute atomic E-state index is 12.4. The molecule has 1 amide bonds. The summed E-state index contributed by atoms with van der Waals surface area (Å²) in [6, 6.07) is 1.90. The topological polar surface area (TPSA) is 47.4 Å². The van der Waals surface area contributed by atoms with E-state index in [1.54, 1.807) is 23.6 Å². The first-order valence-electron chi connectivity index (χ1n) is 6.64. The van der Waals surface area contributed by atoms with Gasteiger partial charge < -0.3 is 4.74 Å². The minimum atomic E-state index is 0.0765. The standard InChI is InChI=1S/C13H21N3O2S/c1-15-8-6-12(14-15)16-7-3-5-11(13(16)17)19-10-4-9-18-2/h6,8,11H,3-5,7,9-10H2,1-2H3/t11-/m0/s1. The summed E-state index contributed by atoms with van der Waals surface area (Å²) in [6.07, 6.45) is 4.89. The summed E-state index contributed by atoms with van der Waals surface area (Å²) in [7, 11) is 3.58. The molecular weight excluding hydrogens is 262 g/mol. The zero-order valence-electron chi connectivity index (χ0n) is 11.5. The Balaban J connectivity index is 1.91. The highest BCUT2D eigenvalue weighted by Crippen LogP contribution is 2.27. The molecule has 0 spiro atoms. The van der Waals surface area contributed by atoms with Crippen molar-refractivity contribution in [1.82, 2.24) is 9.78 Å². The Morgan fingerprint density at radius 3 is 3.11 bits per heavy atom. The molecule has 1 fully saturated rings. The number of carbonyl (C=O) groups excluding carboxylic acids is 1. The first-order valence-corrected chi connectivity index (χ1v) is 7.69. The number of nitrogens with zero attached hydrogens (tertiary/aromatic N) is 3. The van der Waals surface area contributed by atoms with Crippen molar-refractivity contribution in [2.75, 3.05) is 30.9 Å². The lowest BCUT2D eigenvalue weighted by Crippen LogP contribution is -2.43. The molecule has 0 unspecified atom stereocenters.